The van der Waals surface area contributed by atoms with Crippen molar-refractivity contribution in [1.29, 1.82) is 0 Å². The Morgan fingerprint density at radius 2 is 2.06 bits per heavy atom. The van der Waals surface area contributed by atoms with Gasteiger partial charge < -0.3 is 9.47 Å². The van der Waals surface area contributed by atoms with Crippen LogP contribution >= 0.6 is 15.9 Å². The van der Waals surface area contributed by atoms with E-state index in [0.717, 1.165) is 0 Å². The van der Waals surface area contributed by atoms with E-state index in [0.29, 0.717) is 18.8 Å². The molecule has 0 fully saturated rings. The van der Waals surface area contributed by atoms with Gasteiger partial charge in [0, 0.05) is 0 Å². The maximum atomic E-state index is 12.0. The van der Waals surface area contributed by atoms with E-state index in [2.05, 4.69) is 27.2 Å². The van der Waals surface area contributed by atoms with Crippen molar-refractivity contribution in [3.8, 4) is 11.5 Å². The molecule has 0 saturated heterocycles. The van der Waals surface area contributed by atoms with E-state index in [1.54, 1.807) is 6.08 Å². The summed E-state index contributed by atoms with van der Waals surface area (Å²) >= 11 is 2.98. The first-order valence-corrected chi connectivity index (χ1v) is 5.50. The first-order valence-electron chi connectivity index (χ1n) is 4.71. The molecular weight excluding hydrogens is 301 g/mol. The second-order valence-electron chi connectivity index (χ2n) is 3.07. The highest BCUT2D eigenvalue weighted by molar-refractivity contribution is 9.10. The molecule has 0 heterocycles. The van der Waals surface area contributed by atoms with Gasteiger partial charge in [0.15, 0.2) is 0 Å². The number of benzene rings is 1. The molecule has 0 aliphatic carbocycles. The van der Waals surface area contributed by atoms with Gasteiger partial charge in [-0.05, 0) is 40.5 Å². The van der Waals surface area contributed by atoms with E-state index >= 15 is 0 Å². The lowest BCUT2D eigenvalue weighted by Crippen LogP contribution is -2.17. The van der Waals surface area contributed by atoms with Crippen LogP contribution in [0.15, 0.2) is 35.3 Å². The van der Waals surface area contributed by atoms with E-state index in [4.69, 9.17) is 4.74 Å². The Hall–Kier alpha value is -1.17. The number of hydrogen-bond donors (Lipinski definition) is 0. The summed E-state index contributed by atoms with van der Waals surface area (Å²) in [5, 5.41) is 0. The topological polar surface area (TPSA) is 18.5 Å². The molecule has 1 rings (SSSR count). The first kappa shape index (κ1) is 13.9. The normalized spacial score (nSPS) is 11.1. The van der Waals surface area contributed by atoms with Gasteiger partial charge >= 0.3 is 6.36 Å². The van der Waals surface area contributed by atoms with Crippen molar-refractivity contribution >= 4 is 15.9 Å². The van der Waals surface area contributed by atoms with Gasteiger partial charge in [-0.1, -0.05) is 6.08 Å². The average molecular weight is 311 g/mol. The van der Waals surface area contributed by atoms with Crippen molar-refractivity contribution in [2.24, 2.45) is 0 Å². The second kappa shape index (κ2) is 5.95. The number of halogens is 4. The van der Waals surface area contributed by atoms with Crippen LogP contribution < -0.4 is 9.47 Å². The SMILES string of the molecule is C=CCCOc1ccc(OC(F)(F)F)c(Br)c1. The Morgan fingerprint density at radius 3 is 2.59 bits per heavy atom. The highest BCUT2D eigenvalue weighted by Crippen LogP contribution is 2.33. The molecule has 17 heavy (non-hydrogen) atoms. The molecule has 0 aliphatic heterocycles. The molecule has 0 amide bonds. The van der Waals surface area contributed by atoms with Crippen molar-refractivity contribution in [1.82, 2.24) is 0 Å². The summed E-state index contributed by atoms with van der Waals surface area (Å²) in [5.74, 6) is 0.168. The molecule has 0 unspecified atom stereocenters. The van der Waals surface area contributed by atoms with Gasteiger partial charge in [0.2, 0.25) is 0 Å². The summed E-state index contributed by atoms with van der Waals surface area (Å²) in [6, 6.07) is 4.03. The standard InChI is InChI=1S/C11H10BrF3O2/c1-2-3-6-16-8-4-5-10(9(12)7-8)17-11(13,14)15/h2,4-5,7H,1,3,6H2. The predicted molar refractivity (Wildman–Crippen MR) is 61.1 cm³/mol. The highest BCUT2D eigenvalue weighted by atomic mass is 79.9. The van der Waals surface area contributed by atoms with Crippen LogP contribution in [0.1, 0.15) is 6.42 Å². The quantitative estimate of drug-likeness (QED) is 0.596. The molecule has 0 radical (unpaired) electrons. The largest absolute Gasteiger partial charge is 0.573 e. The zero-order valence-electron chi connectivity index (χ0n) is 8.76. The Morgan fingerprint density at radius 1 is 1.35 bits per heavy atom. The Balaban J connectivity index is 2.69. The molecule has 94 valence electrons. The van der Waals surface area contributed by atoms with Crippen molar-refractivity contribution in [3.05, 3.63) is 35.3 Å². The number of hydrogen-bond acceptors (Lipinski definition) is 2. The third kappa shape index (κ3) is 5.12. The van der Waals surface area contributed by atoms with Gasteiger partial charge in [-0.3, -0.25) is 0 Å². The second-order valence-corrected chi connectivity index (χ2v) is 3.92. The average Bonchev–Trinajstić information content (AvgIpc) is 2.21. The molecule has 0 spiro atoms. The van der Waals surface area contributed by atoms with E-state index in [1.807, 2.05) is 0 Å². The number of alkyl halides is 3. The van der Waals surface area contributed by atoms with Crippen LogP contribution in [-0.4, -0.2) is 13.0 Å². The van der Waals surface area contributed by atoms with E-state index in [1.165, 1.54) is 18.2 Å². The lowest BCUT2D eigenvalue weighted by molar-refractivity contribution is -0.274. The summed E-state index contributed by atoms with van der Waals surface area (Å²) in [7, 11) is 0. The van der Waals surface area contributed by atoms with Gasteiger partial charge in [-0.2, -0.15) is 0 Å². The lowest BCUT2D eigenvalue weighted by Gasteiger charge is -2.11. The lowest BCUT2D eigenvalue weighted by atomic mass is 10.3. The van der Waals surface area contributed by atoms with Crippen LogP contribution in [0, 0.1) is 0 Å². The number of rotatable bonds is 5. The first-order chi connectivity index (χ1) is 7.92. The van der Waals surface area contributed by atoms with E-state index in [-0.39, 0.29) is 10.2 Å². The smallest absolute Gasteiger partial charge is 0.493 e. The van der Waals surface area contributed by atoms with Gasteiger partial charge in [0.05, 0.1) is 11.1 Å². The predicted octanol–water partition coefficient (Wildman–Crippen LogP) is 4.30. The summed E-state index contributed by atoms with van der Waals surface area (Å²) in [4.78, 5) is 0. The molecule has 1 aromatic carbocycles. The van der Waals surface area contributed by atoms with Crippen LogP contribution in [-0.2, 0) is 0 Å². The fourth-order valence-corrected chi connectivity index (χ4v) is 1.48. The van der Waals surface area contributed by atoms with E-state index in [9.17, 15) is 13.2 Å². The molecule has 0 aromatic heterocycles. The number of ether oxygens (including phenoxy) is 2. The van der Waals surface area contributed by atoms with Gasteiger partial charge in [-0.25, -0.2) is 0 Å². The molecule has 0 atom stereocenters. The molecule has 6 heteroatoms. The van der Waals surface area contributed by atoms with Gasteiger partial charge in [-0.15, -0.1) is 19.8 Å². The van der Waals surface area contributed by atoms with Crippen molar-refractivity contribution in [2.75, 3.05) is 6.61 Å². The van der Waals surface area contributed by atoms with Crippen LogP contribution in [0.2, 0.25) is 0 Å². The highest BCUT2D eigenvalue weighted by Gasteiger charge is 2.31. The van der Waals surface area contributed by atoms with Gasteiger partial charge in [0.25, 0.3) is 0 Å². The van der Waals surface area contributed by atoms with Crippen molar-refractivity contribution < 1.29 is 22.6 Å². The molecule has 2 nitrogen and oxygen atoms in total. The van der Waals surface area contributed by atoms with E-state index < -0.39 is 6.36 Å². The monoisotopic (exact) mass is 310 g/mol. The van der Waals surface area contributed by atoms with Gasteiger partial charge in [0.1, 0.15) is 11.5 Å². The Labute approximate surface area is 105 Å². The summed E-state index contributed by atoms with van der Waals surface area (Å²) < 4.78 is 45.2. The molecule has 0 N–H and O–H groups in total. The molecule has 0 bridgehead atoms. The fraction of sp³-hybridized carbons (Fsp3) is 0.273. The molecule has 0 saturated carbocycles. The van der Waals surface area contributed by atoms with Crippen molar-refractivity contribution in [2.45, 2.75) is 12.8 Å². The Kier molecular flexibility index (Phi) is 4.86. The summed E-state index contributed by atoms with van der Waals surface area (Å²) in [5.41, 5.74) is 0. The minimum Gasteiger partial charge on any atom is -0.493 e. The van der Waals surface area contributed by atoms with Crippen molar-refractivity contribution in [3.63, 3.8) is 0 Å². The fourth-order valence-electron chi connectivity index (χ4n) is 1.04. The Bertz CT molecular complexity index is 391. The molecular formula is C11H10BrF3O2. The molecule has 0 aliphatic rings. The zero-order valence-corrected chi connectivity index (χ0v) is 10.3. The minimum absolute atomic E-state index is 0.186. The van der Waals surface area contributed by atoms with Crippen LogP contribution in [0.3, 0.4) is 0 Å². The summed E-state index contributed by atoms with van der Waals surface area (Å²) in [6.07, 6.45) is -2.34. The van der Waals surface area contributed by atoms with Crippen LogP contribution in [0.5, 0.6) is 11.5 Å². The maximum absolute atomic E-state index is 12.0. The van der Waals surface area contributed by atoms with Crippen LogP contribution in [0.4, 0.5) is 13.2 Å². The minimum atomic E-state index is -4.70. The maximum Gasteiger partial charge on any atom is 0.573 e. The third-order valence-electron chi connectivity index (χ3n) is 1.72. The van der Waals surface area contributed by atoms with Crippen LogP contribution in [0.25, 0.3) is 0 Å². The zero-order chi connectivity index (χ0) is 12.9. The third-order valence-corrected chi connectivity index (χ3v) is 2.34. The summed E-state index contributed by atoms with van der Waals surface area (Å²) in [6.45, 7) is 3.96. The molecule has 1 aromatic rings.